The Morgan fingerprint density at radius 2 is 1.16 bits per heavy atom. The van der Waals surface area contributed by atoms with Crippen molar-refractivity contribution >= 4 is 11.6 Å². The third-order valence-electron chi connectivity index (χ3n) is 4.50. The fraction of sp³-hybridized carbons (Fsp3) is 0.333. The molecule has 2 rings (SSSR count). The van der Waals surface area contributed by atoms with Crippen LogP contribution in [0.15, 0.2) is 48.5 Å². The molecular weight excluding hydrogens is 316 g/mol. The second kappa shape index (κ2) is 7.51. The lowest BCUT2D eigenvalue weighted by Crippen LogP contribution is -2.26. The van der Waals surface area contributed by atoms with Crippen molar-refractivity contribution in [3.05, 3.63) is 59.7 Å². The van der Waals surface area contributed by atoms with Gasteiger partial charge in [0.2, 0.25) is 0 Å². The molecular formula is C21H24O4. The summed E-state index contributed by atoms with van der Waals surface area (Å²) in [5, 5.41) is 19.7. The van der Waals surface area contributed by atoms with Crippen molar-refractivity contribution in [2.75, 3.05) is 0 Å². The molecule has 0 atom stereocenters. The van der Waals surface area contributed by atoms with Gasteiger partial charge in [0.05, 0.1) is 11.1 Å². The first-order chi connectivity index (χ1) is 11.7. The normalized spacial score (nSPS) is 11.5. The lowest BCUT2D eigenvalue weighted by atomic mass is 9.74. The van der Waals surface area contributed by atoms with Crippen molar-refractivity contribution in [1.82, 2.24) is 0 Å². The van der Waals surface area contributed by atoms with Crippen molar-refractivity contribution < 1.29 is 19.8 Å². The Hall–Kier alpha value is -2.62. The Morgan fingerprint density at radius 3 is 1.48 bits per heavy atom. The first-order valence-electron chi connectivity index (χ1n) is 8.32. The largest absolute Gasteiger partial charge is 0.507 e. The maximum Gasteiger partial charge on any atom is 0.166 e. The van der Waals surface area contributed by atoms with Crippen LogP contribution in [-0.4, -0.2) is 21.8 Å². The summed E-state index contributed by atoms with van der Waals surface area (Å²) in [6, 6.07) is 12.9. The van der Waals surface area contributed by atoms with E-state index in [1.54, 1.807) is 36.4 Å². The zero-order valence-corrected chi connectivity index (χ0v) is 14.8. The van der Waals surface area contributed by atoms with Crippen LogP contribution in [0.5, 0.6) is 11.5 Å². The number of ketones is 2. The number of aromatic hydroxyl groups is 2. The molecule has 132 valence electrons. The van der Waals surface area contributed by atoms with E-state index in [9.17, 15) is 19.8 Å². The first-order valence-corrected chi connectivity index (χ1v) is 8.32. The number of para-hydroxylation sites is 2. The Bertz CT molecular complexity index is 712. The quantitative estimate of drug-likeness (QED) is 0.753. The predicted octanol–water partition coefficient (Wildman–Crippen LogP) is 4.61. The van der Waals surface area contributed by atoms with E-state index < -0.39 is 0 Å². The molecule has 2 aromatic rings. The number of carbonyl (C=O) groups excluding carboxylic acids is 2. The summed E-state index contributed by atoms with van der Waals surface area (Å²) in [7, 11) is 0. The molecule has 4 nitrogen and oxygen atoms in total. The Labute approximate surface area is 148 Å². The number of Topliss-reactive ketones (excluding diaryl/α,β-unsaturated/α-hetero) is 2. The van der Waals surface area contributed by atoms with Gasteiger partial charge in [-0.05, 0) is 35.6 Å². The molecule has 0 amide bonds. The van der Waals surface area contributed by atoms with Crippen LogP contribution in [0.4, 0.5) is 0 Å². The summed E-state index contributed by atoms with van der Waals surface area (Å²) in [6.07, 6.45) is 0.306. The summed E-state index contributed by atoms with van der Waals surface area (Å²) in [4.78, 5) is 25.2. The third-order valence-corrected chi connectivity index (χ3v) is 4.50. The highest BCUT2D eigenvalue weighted by atomic mass is 16.3. The standard InChI is InChI=1S/C21H24O4/c1-21(2,3)14(12-19(24)15-8-4-6-10-17(15)22)13-20(25)16-9-5-7-11-18(16)23/h4-11,14,22-23H,12-13H2,1-3H3. The van der Waals surface area contributed by atoms with Crippen molar-refractivity contribution in [3.8, 4) is 11.5 Å². The van der Waals surface area contributed by atoms with E-state index in [0.717, 1.165) is 0 Å². The van der Waals surface area contributed by atoms with Gasteiger partial charge in [-0.25, -0.2) is 0 Å². The molecule has 0 saturated carbocycles. The zero-order chi connectivity index (χ0) is 18.6. The van der Waals surface area contributed by atoms with E-state index in [4.69, 9.17) is 0 Å². The monoisotopic (exact) mass is 340 g/mol. The lowest BCUT2D eigenvalue weighted by molar-refractivity contribution is 0.0843. The molecule has 0 heterocycles. The Morgan fingerprint density at radius 1 is 0.800 bits per heavy atom. The summed E-state index contributed by atoms with van der Waals surface area (Å²) >= 11 is 0. The number of rotatable bonds is 6. The zero-order valence-electron chi connectivity index (χ0n) is 14.8. The highest BCUT2D eigenvalue weighted by Gasteiger charge is 2.30. The third kappa shape index (κ3) is 4.69. The number of hydrogen-bond acceptors (Lipinski definition) is 4. The van der Waals surface area contributed by atoms with Gasteiger partial charge in [-0.2, -0.15) is 0 Å². The second-order valence-electron chi connectivity index (χ2n) is 7.35. The van der Waals surface area contributed by atoms with Crippen LogP contribution >= 0.6 is 0 Å². The summed E-state index contributed by atoms with van der Waals surface area (Å²) < 4.78 is 0. The van der Waals surface area contributed by atoms with Crippen LogP contribution in [-0.2, 0) is 0 Å². The fourth-order valence-corrected chi connectivity index (χ4v) is 2.77. The maximum atomic E-state index is 12.6. The van der Waals surface area contributed by atoms with Crippen LogP contribution in [0.25, 0.3) is 0 Å². The molecule has 2 N–H and O–H groups in total. The van der Waals surface area contributed by atoms with E-state index in [1.165, 1.54) is 12.1 Å². The predicted molar refractivity (Wildman–Crippen MR) is 97.1 cm³/mol. The molecule has 4 heteroatoms. The van der Waals surface area contributed by atoms with Crippen molar-refractivity contribution in [2.24, 2.45) is 11.3 Å². The minimum Gasteiger partial charge on any atom is -0.507 e. The van der Waals surface area contributed by atoms with Gasteiger partial charge in [0.25, 0.3) is 0 Å². The van der Waals surface area contributed by atoms with Gasteiger partial charge in [0.15, 0.2) is 11.6 Å². The minimum atomic E-state index is -0.278. The smallest absolute Gasteiger partial charge is 0.166 e. The topological polar surface area (TPSA) is 74.6 Å². The number of phenolic OH excluding ortho intramolecular Hbond substituents is 2. The molecule has 2 aromatic carbocycles. The van der Waals surface area contributed by atoms with E-state index >= 15 is 0 Å². The van der Waals surface area contributed by atoms with Crippen LogP contribution < -0.4 is 0 Å². The molecule has 0 fully saturated rings. The maximum absolute atomic E-state index is 12.6. The molecule has 25 heavy (non-hydrogen) atoms. The van der Waals surface area contributed by atoms with Crippen LogP contribution in [0.2, 0.25) is 0 Å². The van der Waals surface area contributed by atoms with Gasteiger partial charge in [0, 0.05) is 12.8 Å². The Kier molecular flexibility index (Phi) is 5.62. The summed E-state index contributed by atoms with van der Waals surface area (Å²) in [5.41, 5.74) is 0.263. The van der Waals surface area contributed by atoms with Gasteiger partial charge in [-0.15, -0.1) is 0 Å². The second-order valence-corrected chi connectivity index (χ2v) is 7.35. The van der Waals surface area contributed by atoms with Gasteiger partial charge < -0.3 is 10.2 Å². The summed E-state index contributed by atoms with van der Waals surface area (Å²) in [6.45, 7) is 5.94. The van der Waals surface area contributed by atoms with E-state index in [1.807, 2.05) is 20.8 Å². The van der Waals surface area contributed by atoms with Crippen molar-refractivity contribution in [1.29, 1.82) is 0 Å². The first kappa shape index (κ1) is 18.7. The van der Waals surface area contributed by atoms with Gasteiger partial charge >= 0.3 is 0 Å². The van der Waals surface area contributed by atoms with Gasteiger partial charge in [-0.1, -0.05) is 45.0 Å². The molecule has 0 saturated heterocycles. The minimum absolute atomic E-state index is 0.0489. The SMILES string of the molecule is CC(C)(C)C(CC(=O)c1ccccc1O)CC(=O)c1ccccc1O. The molecule has 0 aliphatic carbocycles. The lowest BCUT2D eigenvalue weighted by Gasteiger charge is -2.30. The Balaban J connectivity index is 2.20. The molecule has 0 aliphatic heterocycles. The fourth-order valence-electron chi connectivity index (χ4n) is 2.77. The molecule has 0 spiro atoms. The van der Waals surface area contributed by atoms with Crippen molar-refractivity contribution in [3.63, 3.8) is 0 Å². The van der Waals surface area contributed by atoms with E-state index in [-0.39, 0.29) is 58.4 Å². The highest BCUT2D eigenvalue weighted by Crippen LogP contribution is 2.35. The number of benzene rings is 2. The van der Waals surface area contributed by atoms with E-state index in [0.29, 0.717) is 0 Å². The molecule has 0 unspecified atom stereocenters. The van der Waals surface area contributed by atoms with Crippen molar-refractivity contribution in [2.45, 2.75) is 33.6 Å². The number of hydrogen-bond donors (Lipinski definition) is 2. The average molecular weight is 340 g/mol. The van der Waals surface area contributed by atoms with Gasteiger partial charge in [0.1, 0.15) is 11.5 Å². The number of carbonyl (C=O) groups is 2. The summed E-state index contributed by atoms with van der Waals surface area (Å²) in [5.74, 6) is -0.697. The van der Waals surface area contributed by atoms with Crippen LogP contribution in [0, 0.1) is 11.3 Å². The highest BCUT2D eigenvalue weighted by molar-refractivity contribution is 6.01. The number of phenols is 2. The molecule has 0 bridgehead atoms. The molecule has 0 aliphatic rings. The van der Waals surface area contributed by atoms with E-state index in [2.05, 4.69) is 0 Å². The van der Waals surface area contributed by atoms with Crippen LogP contribution in [0.3, 0.4) is 0 Å². The van der Waals surface area contributed by atoms with Gasteiger partial charge in [-0.3, -0.25) is 9.59 Å². The van der Waals surface area contributed by atoms with Crippen LogP contribution in [0.1, 0.15) is 54.3 Å². The average Bonchev–Trinajstić information content (AvgIpc) is 2.54. The molecule has 0 aromatic heterocycles. The molecule has 0 radical (unpaired) electrons.